The maximum Gasteiger partial charge on any atom is 0.251 e. The first-order valence-corrected chi connectivity index (χ1v) is 13.4. The monoisotopic (exact) mass is 464 g/mol. The van der Waals surface area contributed by atoms with E-state index in [2.05, 4.69) is 27.3 Å². The SMILES string of the molecule is CN1CCCC(CNC(=O)c2cc(NC3CCCCC3)cc(S(=O)(=O)NC(C)(C)C)c2)C1. The molecule has 0 aromatic heterocycles. The summed E-state index contributed by atoms with van der Waals surface area (Å²) in [6.07, 6.45) is 7.95. The molecule has 0 bridgehead atoms. The summed E-state index contributed by atoms with van der Waals surface area (Å²) in [5, 5.41) is 6.52. The summed E-state index contributed by atoms with van der Waals surface area (Å²) < 4.78 is 28.8. The van der Waals surface area contributed by atoms with Crippen LogP contribution in [0.2, 0.25) is 0 Å². The van der Waals surface area contributed by atoms with Gasteiger partial charge in [-0.2, -0.15) is 0 Å². The van der Waals surface area contributed by atoms with Gasteiger partial charge >= 0.3 is 0 Å². The van der Waals surface area contributed by atoms with Gasteiger partial charge in [-0.25, -0.2) is 13.1 Å². The number of sulfonamides is 1. The lowest BCUT2D eigenvalue weighted by atomic mass is 9.95. The molecule has 3 rings (SSSR count). The van der Waals surface area contributed by atoms with Gasteiger partial charge in [0.25, 0.3) is 5.91 Å². The minimum Gasteiger partial charge on any atom is -0.382 e. The van der Waals surface area contributed by atoms with Crippen LogP contribution in [0.4, 0.5) is 5.69 Å². The van der Waals surface area contributed by atoms with Crippen molar-refractivity contribution in [2.75, 3.05) is 32.0 Å². The summed E-state index contributed by atoms with van der Waals surface area (Å²) in [6, 6.07) is 5.23. The fraction of sp³-hybridized carbons (Fsp3) is 0.708. The van der Waals surface area contributed by atoms with Crippen molar-refractivity contribution in [2.45, 2.75) is 82.2 Å². The standard InChI is InChI=1S/C24H40N4O3S/c1-24(2,3)27-32(30,31)22-14-19(13-21(15-22)26-20-10-6-5-7-11-20)23(29)25-16-18-9-8-12-28(4)17-18/h13-15,18,20,26-27H,5-12,16-17H2,1-4H3,(H,25,29). The number of benzene rings is 1. The second-order valence-electron chi connectivity index (χ2n) is 10.6. The summed E-state index contributed by atoms with van der Waals surface area (Å²) in [6.45, 7) is 8.10. The highest BCUT2D eigenvalue weighted by Crippen LogP contribution is 2.25. The predicted octanol–water partition coefficient (Wildman–Crippen LogP) is 3.58. The Balaban J connectivity index is 1.81. The van der Waals surface area contributed by atoms with Gasteiger partial charge in [0, 0.05) is 35.9 Å². The number of hydrogen-bond acceptors (Lipinski definition) is 5. The van der Waals surface area contributed by atoms with Crippen LogP contribution in [-0.2, 0) is 10.0 Å². The molecule has 1 saturated carbocycles. The smallest absolute Gasteiger partial charge is 0.251 e. The van der Waals surface area contributed by atoms with Crippen molar-refractivity contribution in [2.24, 2.45) is 5.92 Å². The van der Waals surface area contributed by atoms with E-state index >= 15 is 0 Å². The van der Waals surface area contributed by atoms with E-state index in [1.165, 1.54) is 25.3 Å². The molecule has 1 aliphatic heterocycles. The van der Waals surface area contributed by atoms with Crippen molar-refractivity contribution in [3.63, 3.8) is 0 Å². The molecule has 7 nitrogen and oxygen atoms in total. The summed E-state index contributed by atoms with van der Waals surface area (Å²) in [7, 11) is -1.65. The molecule has 1 aromatic carbocycles. The maximum absolute atomic E-state index is 13.0. The molecule has 1 aliphatic carbocycles. The van der Waals surface area contributed by atoms with E-state index in [1.807, 2.05) is 20.8 Å². The van der Waals surface area contributed by atoms with E-state index in [0.29, 0.717) is 29.8 Å². The number of nitrogens with zero attached hydrogens (tertiary/aromatic N) is 1. The van der Waals surface area contributed by atoms with Crippen molar-refractivity contribution < 1.29 is 13.2 Å². The number of amides is 1. The molecular weight excluding hydrogens is 424 g/mol. The number of piperidine rings is 1. The highest BCUT2D eigenvalue weighted by atomic mass is 32.2. The van der Waals surface area contributed by atoms with E-state index in [0.717, 1.165) is 38.8 Å². The average Bonchev–Trinajstić information content (AvgIpc) is 2.71. The molecule has 1 unspecified atom stereocenters. The third-order valence-corrected chi connectivity index (χ3v) is 7.91. The van der Waals surface area contributed by atoms with Crippen LogP contribution in [0, 0.1) is 5.92 Å². The second-order valence-corrected chi connectivity index (χ2v) is 12.2. The zero-order chi connectivity index (χ0) is 23.4. The predicted molar refractivity (Wildman–Crippen MR) is 130 cm³/mol. The summed E-state index contributed by atoms with van der Waals surface area (Å²) in [5.74, 6) is 0.199. The van der Waals surface area contributed by atoms with Crippen LogP contribution in [0.5, 0.6) is 0 Å². The molecule has 1 saturated heterocycles. The highest BCUT2D eigenvalue weighted by molar-refractivity contribution is 7.89. The molecule has 1 aromatic rings. The van der Waals surface area contributed by atoms with Crippen LogP contribution in [0.15, 0.2) is 23.1 Å². The minimum atomic E-state index is -3.76. The van der Waals surface area contributed by atoms with E-state index in [4.69, 9.17) is 0 Å². The average molecular weight is 465 g/mol. The third kappa shape index (κ3) is 7.46. The van der Waals surface area contributed by atoms with E-state index in [-0.39, 0.29) is 10.8 Å². The Morgan fingerprint density at radius 2 is 1.78 bits per heavy atom. The van der Waals surface area contributed by atoms with E-state index in [9.17, 15) is 13.2 Å². The number of carbonyl (C=O) groups is 1. The Morgan fingerprint density at radius 3 is 2.44 bits per heavy atom. The van der Waals surface area contributed by atoms with Gasteiger partial charge in [0.2, 0.25) is 10.0 Å². The number of hydrogen-bond donors (Lipinski definition) is 3. The lowest BCUT2D eigenvalue weighted by Crippen LogP contribution is -2.40. The first kappa shape index (κ1) is 25.0. The molecule has 1 atom stereocenters. The zero-order valence-corrected chi connectivity index (χ0v) is 20.9. The summed E-state index contributed by atoms with van der Waals surface area (Å²) in [4.78, 5) is 15.4. The van der Waals surface area contributed by atoms with Gasteiger partial charge in [0.15, 0.2) is 0 Å². The minimum absolute atomic E-state index is 0.121. The molecule has 3 N–H and O–H groups in total. The number of rotatable bonds is 7. The molecule has 1 amide bonds. The molecular formula is C24H40N4O3S. The van der Waals surface area contributed by atoms with Gasteiger partial charge < -0.3 is 15.5 Å². The Hall–Kier alpha value is -1.64. The van der Waals surface area contributed by atoms with Crippen LogP contribution in [0.3, 0.4) is 0 Å². The Labute approximate surface area is 193 Å². The summed E-state index contributed by atoms with van der Waals surface area (Å²) >= 11 is 0. The number of anilines is 1. The van der Waals surface area contributed by atoms with Crippen molar-refractivity contribution in [1.82, 2.24) is 14.9 Å². The molecule has 2 aliphatic rings. The first-order valence-electron chi connectivity index (χ1n) is 11.9. The molecule has 1 heterocycles. The molecule has 0 spiro atoms. The lowest BCUT2D eigenvalue weighted by Gasteiger charge is -2.29. The Morgan fingerprint density at radius 1 is 1.06 bits per heavy atom. The fourth-order valence-electron chi connectivity index (χ4n) is 4.69. The molecule has 0 radical (unpaired) electrons. The van der Waals surface area contributed by atoms with Crippen molar-refractivity contribution in [3.8, 4) is 0 Å². The van der Waals surface area contributed by atoms with E-state index in [1.54, 1.807) is 12.1 Å². The first-order chi connectivity index (χ1) is 15.0. The van der Waals surface area contributed by atoms with Gasteiger partial charge in [-0.3, -0.25) is 4.79 Å². The largest absolute Gasteiger partial charge is 0.382 e. The van der Waals surface area contributed by atoms with Crippen molar-refractivity contribution in [1.29, 1.82) is 0 Å². The number of likely N-dealkylation sites (tertiary alicyclic amines) is 1. The quantitative estimate of drug-likeness (QED) is 0.574. The van der Waals surface area contributed by atoms with Gasteiger partial charge in [0.1, 0.15) is 0 Å². The molecule has 32 heavy (non-hydrogen) atoms. The number of nitrogens with one attached hydrogen (secondary N) is 3. The van der Waals surface area contributed by atoms with Gasteiger partial charge in [-0.15, -0.1) is 0 Å². The lowest BCUT2D eigenvalue weighted by molar-refractivity contribution is 0.0936. The van der Waals surface area contributed by atoms with Crippen LogP contribution in [0.25, 0.3) is 0 Å². The third-order valence-electron chi connectivity index (χ3n) is 6.17. The maximum atomic E-state index is 13.0. The van der Waals surface area contributed by atoms with Crippen molar-refractivity contribution in [3.05, 3.63) is 23.8 Å². The topological polar surface area (TPSA) is 90.5 Å². The second kappa shape index (κ2) is 10.5. The molecule has 180 valence electrons. The zero-order valence-electron chi connectivity index (χ0n) is 20.0. The van der Waals surface area contributed by atoms with E-state index < -0.39 is 15.6 Å². The van der Waals surface area contributed by atoms with Crippen LogP contribution in [0.1, 0.15) is 76.1 Å². The number of carbonyl (C=O) groups excluding carboxylic acids is 1. The highest BCUT2D eigenvalue weighted by Gasteiger charge is 2.25. The fourth-order valence-corrected chi connectivity index (χ4v) is 6.18. The normalized spacial score (nSPS) is 21.3. The molecule has 2 fully saturated rings. The van der Waals surface area contributed by atoms with Crippen LogP contribution >= 0.6 is 0 Å². The van der Waals surface area contributed by atoms with Gasteiger partial charge in [-0.05, 0) is 84.2 Å². The van der Waals surface area contributed by atoms with Gasteiger partial charge in [-0.1, -0.05) is 19.3 Å². The van der Waals surface area contributed by atoms with Crippen LogP contribution < -0.4 is 15.4 Å². The Kier molecular flexibility index (Phi) is 8.22. The van der Waals surface area contributed by atoms with Crippen molar-refractivity contribution >= 4 is 21.6 Å². The summed E-state index contributed by atoms with van der Waals surface area (Å²) in [5.41, 5.74) is 0.460. The van der Waals surface area contributed by atoms with Gasteiger partial charge in [0.05, 0.1) is 4.90 Å². The Bertz CT molecular complexity index is 889. The van der Waals surface area contributed by atoms with Crippen LogP contribution in [-0.4, -0.2) is 57.5 Å². The molecule has 8 heteroatoms.